The smallest absolute Gasteiger partial charge is 0.129 e. The van der Waals surface area contributed by atoms with E-state index in [0.29, 0.717) is 13.0 Å². The summed E-state index contributed by atoms with van der Waals surface area (Å²) in [6.45, 7) is 0.487. The Bertz CT molecular complexity index is 884. The summed E-state index contributed by atoms with van der Waals surface area (Å²) in [6.07, 6.45) is -0.124. The number of aromatic nitrogens is 3. The van der Waals surface area contributed by atoms with Crippen LogP contribution >= 0.6 is 63.7 Å². The first-order valence-electron chi connectivity index (χ1n) is 7.31. The fourth-order valence-corrected chi connectivity index (χ4v) is 4.63. The van der Waals surface area contributed by atoms with Crippen molar-refractivity contribution in [1.82, 2.24) is 15.0 Å². The van der Waals surface area contributed by atoms with Gasteiger partial charge in [0.15, 0.2) is 0 Å². The second-order valence-electron chi connectivity index (χ2n) is 5.33. The van der Waals surface area contributed by atoms with Crippen LogP contribution in [0, 0.1) is 0 Å². The van der Waals surface area contributed by atoms with E-state index < -0.39 is 6.10 Å². The first kappa shape index (κ1) is 19.3. The van der Waals surface area contributed by atoms with Crippen LogP contribution in [0.25, 0.3) is 11.0 Å². The second kappa shape index (κ2) is 8.04. The number of benzene rings is 2. The maximum atomic E-state index is 10.4. The Labute approximate surface area is 178 Å². The van der Waals surface area contributed by atoms with Crippen molar-refractivity contribution < 1.29 is 9.84 Å². The molecule has 1 atom stereocenters. The monoisotopic (exact) mass is 595 g/mol. The number of aryl methyl sites for hydroxylation is 1. The summed E-state index contributed by atoms with van der Waals surface area (Å²) < 4.78 is 8.60. The highest BCUT2D eigenvalue weighted by Crippen LogP contribution is 2.42. The topological polar surface area (TPSA) is 60.2 Å². The minimum atomic E-state index is -0.616. The van der Waals surface area contributed by atoms with Crippen molar-refractivity contribution in [3.8, 4) is 5.75 Å². The number of nitrogens with zero attached hydrogens (tertiary/aromatic N) is 3. The Kier molecular flexibility index (Phi) is 6.20. The molecular formula is C16H13Br4N3O2. The number of halogens is 4. The predicted octanol–water partition coefficient (Wildman–Crippen LogP) is 5.61. The van der Waals surface area contributed by atoms with E-state index in [2.05, 4.69) is 73.9 Å². The van der Waals surface area contributed by atoms with Gasteiger partial charge in [-0.05, 0) is 87.8 Å². The summed E-state index contributed by atoms with van der Waals surface area (Å²) in [7, 11) is 1.61. The summed E-state index contributed by atoms with van der Waals surface area (Å²) in [5.74, 6) is 0.724. The molecule has 1 heterocycles. The van der Waals surface area contributed by atoms with Gasteiger partial charge in [0.1, 0.15) is 16.8 Å². The van der Waals surface area contributed by atoms with Crippen molar-refractivity contribution in [3.63, 3.8) is 0 Å². The molecule has 0 aliphatic rings. The molecule has 0 aliphatic carbocycles. The van der Waals surface area contributed by atoms with Gasteiger partial charge in [0.2, 0.25) is 0 Å². The average Bonchev–Trinajstić information content (AvgIpc) is 3.07. The van der Waals surface area contributed by atoms with Crippen LogP contribution in [0.3, 0.4) is 0 Å². The normalized spacial score (nSPS) is 12.6. The minimum absolute atomic E-state index is 0.487. The van der Waals surface area contributed by atoms with E-state index in [9.17, 15) is 5.11 Å². The van der Waals surface area contributed by atoms with Crippen LogP contribution in [0.1, 0.15) is 18.1 Å². The summed E-state index contributed by atoms with van der Waals surface area (Å²) >= 11 is 14.1. The highest BCUT2D eigenvalue weighted by molar-refractivity contribution is 9.15. The van der Waals surface area contributed by atoms with Crippen LogP contribution in [0.15, 0.2) is 42.2 Å². The maximum absolute atomic E-state index is 10.4. The van der Waals surface area contributed by atoms with Crippen molar-refractivity contribution in [2.45, 2.75) is 19.1 Å². The van der Waals surface area contributed by atoms with Gasteiger partial charge >= 0.3 is 0 Å². The zero-order valence-electron chi connectivity index (χ0n) is 13.0. The highest BCUT2D eigenvalue weighted by atomic mass is 79.9. The summed E-state index contributed by atoms with van der Waals surface area (Å²) in [4.78, 5) is 1.60. The lowest BCUT2D eigenvalue weighted by atomic mass is 10.1. The molecule has 25 heavy (non-hydrogen) atoms. The van der Waals surface area contributed by atoms with Crippen molar-refractivity contribution in [1.29, 1.82) is 0 Å². The fourth-order valence-electron chi connectivity index (χ4n) is 2.40. The molecule has 0 bridgehead atoms. The summed E-state index contributed by atoms with van der Waals surface area (Å²) in [5.41, 5.74) is 2.31. The van der Waals surface area contributed by atoms with E-state index in [0.717, 1.165) is 40.2 Å². The van der Waals surface area contributed by atoms with Gasteiger partial charge in [0.25, 0.3) is 0 Å². The number of rotatable bonds is 5. The third-order valence-electron chi connectivity index (χ3n) is 3.73. The Morgan fingerprint density at radius 1 is 1.04 bits per heavy atom. The third kappa shape index (κ3) is 3.95. The number of aliphatic hydroxyl groups excluding tert-OH is 1. The van der Waals surface area contributed by atoms with Gasteiger partial charge < -0.3 is 9.84 Å². The Balaban J connectivity index is 1.81. The lowest BCUT2D eigenvalue weighted by Crippen LogP contribution is -2.07. The van der Waals surface area contributed by atoms with Gasteiger partial charge in [-0.2, -0.15) is 15.0 Å². The number of fused-ring (bicyclic) bond motifs is 1. The zero-order valence-corrected chi connectivity index (χ0v) is 19.4. The molecule has 2 aromatic carbocycles. The zero-order chi connectivity index (χ0) is 18.1. The first-order chi connectivity index (χ1) is 11.9. The molecule has 9 heteroatoms. The standard InChI is InChI=1S/C16H13Br4N3O2/c1-25-9-4-2-3-8(7-9)10(24)5-6-23-21-15-13(19)11(17)12(18)14(20)16(15)22-23/h2-4,7,10,24H,5-6H2,1H3. The van der Waals surface area contributed by atoms with Crippen LogP contribution in [-0.2, 0) is 6.54 Å². The van der Waals surface area contributed by atoms with E-state index in [1.54, 1.807) is 11.9 Å². The molecule has 132 valence electrons. The van der Waals surface area contributed by atoms with Crippen molar-refractivity contribution >= 4 is 74.8 Å². The average molecular weight is 599 g/mol. The number of aliphatic hydroxyl groups is 1. The molecule has 0 aliphatic heterocycles. The van der Waals surface area contributed by atoms with Gasteiger partial charge in [0.05, 0.1) is 28.7 Å². The Morgan fingerprint density at radius 2 is 1.64 bits per heavy atom. The lowest BCUT2D eigenvalue weighted by molar-refractivity contribution is 0.157. The number of hydrogen-bond acceptors (Lipinski definition) is 4. The van der Waals surface area contributed by atoms with E-state index in [1.807, 2.05) is 24.3 Å². The fraction of sp³-hybridized carbons (Fsp3) is 0.250. The molecule has 3 rings (SSSR count). The Hall–Kier alpha value is -0.480. The highest BCUT2D eigenvalue weighted by Gasteiger charge is 2.18. The van der Waals surface area contributed by atoms with Gasteiger partial charge in [-0.1, -0.05) is 12.1 Å². The number of hydrogen-bond donors (Lipinski definition) is 1. The van der Waals surface area contributed by atoms with Crippen molar-refractivity contribution in [2.75, 3.05) is 7.11 Å². The Morgan fingerprint density at radius 3 is 2.20 bits per heavy atom. The second-order valence-corrected chi connectivity index (χ2v) is 8.50. The molecule has 1 N–H and O–H groups in total. The van der Waals surface area contributed by atoms with Gasteiger partial charge in [-0.15, -0.1) is 0 Å². The quantitative estimate of drug-likeness (QED) is 0.306. The molecule has 0 saturated carbocycles. The third-order valence-corrected chi connectivity index (χ3v) is 8.46. The van der Waals surface area contributed by atoms with Crippen molar-refractivity contribution in [2.24, 2.45) is 0 Å². The number of methoxy groups -OCH3 is 1. The molecule has 0 spiro atoms. The van der Waals surface area contributed by atoms with Crippen LogP contribution in [-0.4, -0.2) is 27.2 Å². The van der Waals surface area contributed by atoms with Crippen molar-refractivity contribution in [3.05, 3.63) is 47.7 Å². The molecule has 5 nitrogen and oxygen atoms in total. The van der Waals surface area contributed by atoms with Gasteiger partial charge in [0, 0.05) is 8.95 Å². The predicted molar refractivity (Wildman–Crippen MR) is 111 cm³/mol. The van der Waals surface area contributed by atoms with Crippen LogP contribution in [0.5, 0.6) is 5.75 Å². The molecule has 0 saturated heterocycles. The first-order valence-corrected chi connectivity index (χ1v) is 10.5. The van der Waals surface area contributed by atoms with Crippen LogP contribution < -0.4 is 4.74 Å². The maximum Gasteiger partial charge on any atom is 0.129 e. The van der Waals surface area contributed by atoms with E-state index in [-0.39, 0.29) is 0 Å². The lowest BCUT2D eigenvalue weighted by Gasteiger charge is -2.11. The molecule has 1 unspecified atom stereocenters. The molecular weight excluding hydrogens is 586 g/mol. The summed E-state index contributed by atoms with van der Waals surface area (Å²) in [5, 5.41) is 19.4. The molecule has 0 fully saturated rings. The van der Waals surface area contributed by atoms with Gasteiger partial charge in [-0.25, -0.2) is 0 Å². The molecule has 3 aromatic rings. The molecule has 1 aromatic heterocycles. The van der Waals surface area contributed by atoms with E-state index in [1.165, 1.54) is 0 Å². The molecule has 0 radical (unpaired) electrons. The van der Waals surface area contributed by atoms with Crippen LogP contribution in [0.2, 0.25) is 0 Å². The molecule has 0 amide bonds. The van der Waals surface area contributed by atoms with Gasteiger partial charge in [-0.3, -0.25) is 0 Å². The largest absolute Gasteiger partial charge is 0.497 e. The minimum Gasteiger partial charge on any atom is -0.497 e. The van der Waals surface area contributed by atoms with E-state index >= 15 is 0 Å². The van der Waals surface area contributed by atoms with E-state index in [4.69, 9.17) is 4.74 Å². The summed E-state index contributed by atoms with van der Waals surface area (Å²) in [6, 6.07) is 7.42. The SMILES string of the molecule is COc1cccc(C(O)CCn2nc3c(Br)c(Br)c(Br)c(Br)c3n2)c1. The number of ether oxygens (including phenoxy) is 1. The van der Waals surface area contributed by atoms with Crippen LogP contribution in [0.4, 0.5) is 0 Å².